The molecular weight excluding hydrogens is 538 g/mol. The first kappa shape index (κ1) is 27.6. The van der Waals surface area contributed by atoms with Crippen molar-refractivity contribution in [2.75, 3.05) is 33.6 Å². The number of likely N-dealkylation sites (tertiary alicyclic amines) is 1. The Morgan fingerprint density at radius 1 is 0.929 bits per heavy atom. The van der Waals surface area contributed by atoms with Crippen molar-refractivity contribution in [1.82, 2.24) is 15.1 Å². The summed E-state index contributed by atoms with van der Waals surface area (Å²) in [5.74, 6) is 1.31. The third-order valence-corrected chi connectivity index (χ3v) is 8.12. The Balaban J connectivity index is 1.20. The topological polar surface area (TPSA) is 107 Å². The lowest BCUT2D eigenvalue weighted by Crippen LogP contribution is -2.59. The highest BCUT2D eigenvalue weighted by atomic mass is 16.7. The summed E-state index contributed by atoms with van der Waals surface area (Å²) in [4.78, 5) is 44.2. The van der Waals surface area contributed by atoms with E-state index in [9.17, 15) is 14.4 Å². The summed E-state index contributed by atoms with van der Waals surface area (Å²) < 4.78 is 22.4. The highest BCUT2D eigenvalue weighted by Gasteiger charge is 2.54. The van der Waals surface area contributed by atoms with Crippen LogP contribution < -0.4 is 19.5 Å². The molecule has 2 saturated heterocycles. The molecular formula is C32H33N3O7. The van der Waals surface area contributed by atoms with Crippen LogP contribution in [-0.2, 0) is 16.1 Å². The first-order valence-electron chi connectivity index (χ1n) is 14.0. The van der Waals surface area contributed by atoms with E-state index >= 15 is 0 Å². The normalized spacial score (nSPS) is 18.7. The summed E-state index contributed by atoms with van der Waals surface area (Å²) in [6, 6.07) is 19.0. The number of piperidine rings is 1. The van der Waals surface area contributed by atoms with Crippen LogP contribution in [0.4, 0.5) is 0 Å². The van der Waals surface area contributed by atoms with Gasteiger partial charge in [-0.2, -0.15) is 0 Å². The van der Waals surface area contributed by atoms with Crippen molar-refractivity contribution in [2.24, 2.45) is 0 Å². The van der Waals surface area contributed by atoms with Crippen molar-refractivity contribution in [3.05, 3.63) is 89.0 Å². The second-order valence-electron chi connectivity index (χ2n) is 10.7. The van der Waals surface area contributed by atoms with Gasteiger partial charge in [0.25, 0.3) is 11.8 Å². The molecule has 6 rings (SSSR count). The van der Waals surface area contributed by atoms with Crippen molar-refractivity contribution < 1.29 is 33.3 Å². The first-order chi connectivity index (χ1) is 20.4. The number of benzene rings is 3. The number of fused-ring (bicyclic) bond motifs is 1. The zero-order valence-electron chi connectivity index (χ0n) is 23.6. The molecule has 218 valence electrons. The molecule has 1 N–H and O–H groups in total. The molecule has 3 aromatic rings. The average Bonchev–Trinajstić information content (AvgIpc) is 3.64. The quantitative estimate of drug-likeness (QED) is 0.483. The number of hydrogen-bond acceptors (Lipinski definition) is 7. The molecule has 3 aliphatic heterocycles. The van der Waals surface area contributed by atoms with Gasteiger partial charge in [-0.1, -0.05) is 23.8 Å². The molecule has 3 heterocycles. The second-order valence-corrected chi connectivity index (χ2v) is 10.7. The van der Waals surface area contributed by atoms with Crippen LogP contribution in [0.15, 0.2) is 66.7 Å². The monoisotopic (exact) mass is 571 g/mol. The van der Waals surface area contributed by atoms with Gasteiger partial charge in [0.15, 0.2) is 11.5 Å². The standard InChI is InChI=1S/C32H33N3O7/c1-21-4-3-5-24(16-21)31(38)35-26(29(36)33-18-22-6-11-27-28(17-22)41-20-40-27)19-42-32(35)12-14-34(15-13-32)30(37)23-7-9-25(39-2)10-8-23/h3-11,16-17,26H,12-15,18-20H2,1-2H3,(H,33,36)/t26-/m0/s1. The molecule has 0 aliphatic carbocycles. The fourth-order valence-corrected chi connectivity index (χ4v) is 5.82. The number of hydrogen-bond donors (Lipinski definition) is 1. The van der Waals surface area contributed by atoms with E-state index in [1.165, 1.54) is 0 Å². The maximum absolute atomic E-state index is 14.0. The summed E-state index contributed by atoms with van der Waals surface area (Å²) in [7, 11) is 1.58. The minimum Gasteiger partial charge on any atom is -0.497 e. The Kier molecular flexibility index (Phi) is 7.47. The molecule has 0 aromatic heterocycles. The summed E-state index contributed by atoms with van der Waals surface area (Å²) >= 11 is 0. The van der Waals surface area contributed by atoms with E-state index in [0.717, 1.165) is 11.1 Å². The van der Waals surface area contributed by atoms with Crippen LogP contribution in [-0.4, -0.2) is 72.9 Å². The highest BCUT2D eigenvalue weighted by molar-refractivity contribution is 5.99. The van der Waals surface area contributed by atoms with Crippen LogP contribution in [0, 0.1) is 6.92 Å². The van der Waals surface area contributed by atoms with Crippen LogP contribution >= 0.6 is 0 Å². The predicted octanol–water partition coefficient (Wildman–Crippen LogP) is 3.52. The van der Waals surface area contributed by atoms with E-state index < -0.39 is 11.8 Å². The lowest BCUT2D eigenvalue weighted by Gasteiger charge is -2.44. The fraction of sp³-hybridized carbons (Fsp3) is 0.344. The minimum absolute atomic E-state index is 0.0664. The van der Waals surface area contributed by atoms with Gasteiger partial charge >= 0.3 is 0 Å². The van der Waals surface area contributed by atoms with E-state index in [-0.39, 0.29) is 37.7 Å². The number of carbonyl (C=O) groups excluding carboxylic acids is 3. The highest BCUT2D eigenvalue weighted by Crippen LogP contribution is 2.39. The number of nitrogens with zero attached hydrogens (tertiary/aromatic N) is 2. The summed E-state index contributed by atoms with van der Waals surface area (Å²) in [5, 5.41) is 2.98. The molecule has 0 saturated carbocycles. The Hall–Kier alpha value is -4.57. The van der Waals surface area contributed by atoms with Gasteiger partial charge in [0.05, 0.1) is 13.7 Å². The molecule has 1 atom stereocenters. The summed E-state index contributed by atoms with van der Waals surface area (Å²) in [6.07, 6.45) is 0.775. The van der Waals surface area contributed by atoms with E-state index in [0.29, 0.717) is 54.3 Å². The van der Waals surface area contributed by atoms with Gasteiger partial charge in [-0.15, -0.1) is 0 Å². The Morgan fingerprint density at radius 2 is 1.69 bits per heavy atom. The average molecular weight is 572 g/mol. The first-order valence-corrected chi connectivity index (χ1v) is 14.0. The van der Waals surface area contributed by atoms with Gasteiger partial charge in [-0.05, 0) is 61.0 Å². The molecule has 42 heavy (non-hydrogen) atoms. The number of nitrogens with one attached hydrogen (secondary N) is 1. The zero-order chi connectivity index (χ0) is 29.3. The predicted molar refractivity (Wildman–Crippen MR) is 152 cm³/mol. The molecule has 0 unspecified atom stereocenters. The number of amides is 3. The Bertz CT molecular complexity index is 1500. The van der Waals surface area contributed by atoms with Gasteiger partial charge < -0.3 is 29.2 Å². The number of rotatable bonds is 6. The van der Waals surface area contributed by atoms with E-state index in [2.05, 4.69) is 5.32 Å². The van der Waals surface area contributed by atoms with Crippen LogP contribution in [0.1, 0.15) is 44.7 Å². The SMILES string of the molecule is COc1ccc(C(=O)N2CCC3(CC2)OC[C@@H](C(=O)NCc2ccc4c(c2)OCO4)N3C(=O)c2cccc(C)c2)cc1. The molecule has 0 radical (unpaired) electrons. The summed E-state index contributed by atoms with van der Waals surface area (Å²) in [5.41, 5.74) is 1.85. The number of methoxy groups -OCH3 is 1. The minimum atomic E-state index is -1.00. The van der Waals surface area contributed by atoms with Gasteiger partial charge in [0.1, 0.15) is 17.5 Å². The van der Waals surface area contributed by atoms with Gasteiger partial charge in [0, 0.05) is 43.6 Å². The van der Waals surface area contributed by atoms with E-state index in [4.69, 9.17) is 18.9 Å². The van der Waals surface area contributed by atoms with Crippen LogP contribution in [0.5, 0.6) is 17.2 Å². The summed E-state index contributed by atoms with van der Waals surface area (Å²) in [6.45, 7) is 3.19. The van der Waals surface area contributed by atoms with Crippen LogP contribution in [0.3, 0.4) is 0 Å². The molecule has 1 spiro atoms. The largest absolute Gasteiger partial charge is 0.497 e. The molecule has 3 amide bonds. The third kappa shape index (κ3) is 5.25. The van der Waals surface area contributed by atoms with Crippen LogP contribution in [0.2, 0.25) is 0 Å². The van der Waals surface area contributed by atoms with Crippen molar-refractivity contribution in [3.63, 3.8) is 0 Å². The molecule has 3 aromatic carbocycles. The molecule has 2 fully saturated rings. The molecule has 10 nitrogen and oxygen atoms in total. The van der Waals surface area contributed by atoms with E-state index in [1.54, 1.807) is 47.2 Å². The lowest BCUT2D eigenvalue weighted by atomic mass is 9.95. The number of aryl methyl sites for hydroxylation is 1. The Morgan fingerprint density at radius 3 is 2.43 bits per heavy atom. The van der Waals surface area contributed by atoms with Crippen LogP contribution in [0.25, 0.3) is 0 Å². The molecule has 10 heteroatoms. The van der Waals surface area contributed by atoms with Crippen molar-refractivity contribution in [2.45, 2.75) is 38.1 Å². The maximum Gasteiger partial charge on any atom is 0.256 e. The lowest BCUT2D eigenvalue weighted by molar-refractivity contribution is -0.128. The number of carbonyl (C=O) groups is 3. The molecule has 3 aliphatic rings. The van der Waals surface area contributed by atoms with Gasteiger partial charge in [-0.3, -0.25) is 19.3 Å². The van der Waals surface area contributed by atoms with Gasteiger partial charge in [-0.25, -0.2) is 0 Å². The van der Waals surface area contributed by atoms with E-state index in [1.807, 2.05) is 43.3 Å². The van der Waals surface area contributed by atoms with Crippen molar-refractivity contribution in [1.29, 1.82) is 0 Å². The van der Waals surface area contributed by atoms with Crippen molar-refractivity contribution >= 4 is 17.7 Å². The smallest absolute Gasteiger partial charge is 0.256 e. The maximum atomic E-state index is 14.0. The number of ether oxygens (including phenoxy) is 4. The van der Waals surface area contributed by atoms with Crippen molar-refractivity contribution in [3.8, 4) is 17.2 Å². The zero-order valence-corrected chi connectivity index (χ0v) is 23.6. The fourth-order valence-electron chi connectivity index (χ4n) is 5.82. The third-order valence-electron chi connectivity index (χ3n) is 8.12. The van der Waals surface area contributed by atoms with Gasteiger partial charge in [0.2, 0.25) is 12.7 Å². The second kappa shape index (κ2) is 11.4. The molecule has 0 bridgehead atoms. The Labute approximate surface area is 244 Å².